The van der Waals surface area contributed by atoms with Crippen molar-refractivity contribution in [3.05, 3.63) is 29.3 Å². The summed E-state index contributed by atoms with van der Waals surface area (Å²) in [5.74, 6) is 1.76. The van der Waals surface area contributed by atoms with Gasteiger partial charge < -0.3 is 9.47 Å². The Kier molecular flexibility index (Phi) is 5.04. The van der Waals surface area contributed by atoms with Crippen molar-refractivity contribution in [1.82, 2.24) is 4.90 Å². The molecule has 1 saturated carbocycles. The maximum absolute atomic E-state index is 5.71. The molecule has 0 amide bonds. The number of ether oxygens (including phenoxy) is 2. The summed E-state index contributed by atoms with van der Waals surface area (Å²) >= 11 is 0. The molecule has 0 N–H and O–H groups in total. The van der Waals surface area contributed by atoms with Crippen LogP contribution in [0.1, 0.15) is 45.1 Å². The molecule has 1 aromatic carbocycles. The normalized spacial score (nSPS) is 23.0. The first-order chi connectivity index (χ1) is 10.8. The van der Waals surface area contributed by atoms with E-state index in [1.54, 1.807) is 5.57 Å². The van der Waals surface area contributed by atoms with Crippen LogP contribution >= 0.6 is 0 Å². The standard InChI is InChI=1S/C19H27NO2/c1-3-20(4-2)17-8-6-5-7-16(17)13-15-9-10-18-19(14-15)22-12-11-21-18/h9-10,13-14,17H,3-8,11-12H2,1-2H3/b16-13-. The molecule has 120 valence electrons. The molecular formula is C19H27NO2. The first-order valence-corrected chi connectivity index (χ1v) is 8.66. The maximum Gasteiger partial charge on any atom is 0.161 e. The molecule has 1 atom stereocenters. The van der Waals surface area contributed by atoms with Crippen molar-refractivity contribution in [2.75, 3.05) is 26.3 Å². The van der Waals surface area contributed by atoms with E-state index in [0.717, 1.165) is 24.6 Å². The van der Waals surface area contributed by atoms with Gasteiger partial charge in [0, 0.05) is 6.04 Å². The first kappa shape index (κ1) is 15.4. The maximum atomic E-state index is 5.71. The zero-order valence-electron chi connectivity index (χ0n) is 13.8. The van der Waals surface area contributed by atoms with Gasteiger partial charge in [-0.15, -0.1) is 0 Å². The van der Waals surface area contributed by atoms with Crippen LogP contribution in [0.2, 0.25) is 0 Å². The molecule has 1 unspecified atom stereocenters. The summed E-state index contributed by atoms with van der Waals surface area (Å²) < 4.78 is 11.3. The fraction of sp³-hybridized carbons (Fsp3) is 0.579. The SMILES string of the molecule is CCN(CC)C1CCCC/C1=C/c1ccc2c(c1)OCCO2. The van der Waals surface area contributed by atoms with Gasteiger partial charge in [-0.3, -0.25) is 4.90 Å². The molecule has 1 aliphatic heterocycles. The fourth-order valence-electron chi connectivity index (χ4n) is 3.63. The third-order valence-electron chi connectivity index (χ3n) is 4.79. The Labute approximate surface area is 133 Å². The minimum absolute atomic E-state index is 0.608. The van der Waals surface area contributed by atoms with Gasteiger partial charge in [-0.25, -0.2) is 0 Å². The van der Waals surface area contributed by atoms with Gasteiger partial charge in [0.25, 0.3) is 0 Å². The van der Waals surface area contributed by atoms with Gasteiger partial charge >= 0.3 is 0 Å². The van der Waals surface area contributed by atoms with Crippen LogP contribution in [0.25, 0.3) is 6.08 Å². The highest BCUT2D eigenvalue weighted by atomic mass is 16.6. The zero-order chi connectivity index (χ0) is 15.4. The van der Waals surface area contributed by atoms with Gasteiger partial charge in [0.1, 0.15) is 13.2 Å². The molecule has 0 saturated heterocycles. The highest BCUT2D eigenvalue weighted by Crippen LogP contribution is 2.34. The monoisotopic (exact) mass is 301 g/mol. The fourth-order valence-corrected chi connectivity index (χ4v) is 3.63. The largest absolute Gasteiger partial charge is 0.486 e. The lowest BCUT2D eigenvalue weighted by Gasteiger charge is -2.35. The molecule has 1 aromatic rings. The first-order valence-electron chi connectivity index (χ1n) is 8.66. The highest BCUT2D eigenvalue weighted by molar-refractivity contribution is 5.59. The van der Waals surface area contributed by atoms with Crippen molar-refractivity contribution in [3.63, 3.8) is 0 Å². The Morgan fingerprint density at radius 2 is 1.86 bits per heavy atom. The summed E-state index contributed by atoms with van der Waals surface area (Å²) in [5, 5.41) is 0. The average Bonchev–Trinajstić information content (AvgIpc) is 2.57. The van der Waals surface area contributed by atoms with E-state index < -0.39 is 0 Å². The molecule has 3 rings (SSSR count). The molecule has 3 heteroatoms. The van der Waals surface area contributed by atoms with Gasteiger partial charge in [-0.05, 0) is 50.0 Å². The number of rotatable bonds is 4. The third-order valence-corrected chi connectivity index (χ3v) is 4.79. The summed E-state index contributed by atoms with van der Waals surface area (Å²) in [6.07, 6.45) is 7.54. The zero-order valence-corrected chi connectivity index (χ0v) is 13.8. The van der Waals surface area contributed by atoms with Crippen LogP contribution in [0, 0.1) is 0 Å². The van der Waals surface area contributed by atoms with Crippen LogP contribution in [-0.4, -0.2) is 37.2 Å². The number of hydrogen-bond acceptors (Lipinski definition) is 3. The van der Waals surface area contributed by atoms with E-state index in [2.05, 4.69) is 37.0 Å². The van der Waals surface area contributed by atoms with E-state index in [-0.39, 0.29) is 0 Å². The van der Waals surface area contributed by atoms with Crippen LogP contribution in [-0.2, 0) is 0 Å². The second kappa shape index (κ2) is 7.19. The quantitative estimate of drug-likeness (QED) is 0.835. The number of nitrogens with zero attached hydrogens (tertiary/aromatic N) is 1. The minimum Gasteiger partial charge on any atom is -0.486 e. The van der Waals surface area contributed by atoms with Gasteiger partial charge in [0.05, 0.1) is 0 Å². The smallest absolute Gasteiger partial charge is 0.161 e. The van der Waals surface area contributed by atoms with Crippen LogP contribution in [0.4, 0.5) is 0 Å². The molecule has 3 nitrogen and oxygen atoms in total. The Morgan fingerprint density at radius 3 is 2.64 bits per heavy atom. The van der Waals surface area contributed by atoms with Gasteiger partial charge in [-0.2, -0.15) is 0 Å². The average molecular weight is 301 g/mol. The van der Waals surface area contributed by atoms with Gasteiger partial charge in [0.2, 0.25) is 0 Å². The summed E-state index contributed by atoms with van der Waals surface area (Å²) in [6, 6.07) is 6.91. The van der Waals surface area contributed by atoms with E-state index in [0.29, 0.717) is 19.3 Å². The lowest BCUT2D eigenvalue weighted by atomic mass is 9.87. The summed E-state index contributed by atoms with van der Waals surface area (Å²) in [4.78, 5) is 2.59. The Balaban J connectivity index is 1.85. The lowest BCUT2D eigenvalue weighted by Crippen LogP contribution is -2.38. The molecule has 0 bridgehead atoms. The third kappa shape index (κ3) is 3.30. The second-order valence-electron chi connectivity index (χ2n) is 6.11. The van der Waals surface area contributed by atoms with Gasteiger partial charge in [0.15, 0.2) is 11.5 Å². The van der Waals surface area contributed by atoms with Crippen molar-refractivity contribution >= 4 is 6.08 Å². The number of fused-ring (bicyclic) bond motifs is 1. The number of benzene rings is 1. The van der Waals surface area contributed by atoms with Crippen LogP contribution in [0.15, 0.2) is 23.8 Å². The molecule has 0 spiro atoms. The van der Waals surface area contributed by atoms with Crippen LogP contribution < -0.4 is 9.47 Å². The molecule has 22 heavy (non-hydrogen) atoms. The predicted molar refractivity (Wildman–Crippen MR) is 90.6 cm³/mol. The van der Waals surface area contributed by atoms with E-state index in [1.165, 1.54) is 31.2 Å². The molecule has 1 aliphatic carbocycles. The molecule has 0 aromatic heterocycles. The molecule has 2 aliphatic rings. The van der Waals surface area contributed by atoms with E-state index in [9.17, 15) is 0 Å². The Morgan fingerprint density at radius 1 is 1.09 bits per heavy atom. The van der Waals surface area contributed by atoms with E-state index in [4.69, 9.17) is 9.47 Å². The molecule has 0 radical (unpaired) electrons. The second-order valence-corrected chi connectivity index (χ2v) is 6.11. The van der Waals surface area contributed by atoms with Crippen molar-refractivity contribution in [1.29, 1.82) is 0 Å². The molecule has 1 heterocycles. The van der Waals surface area contributed by atoms with Crippen LogP contribution in [0.3, 0.4) is 0 Å². The van der Waals surface area contributed by atoms with Gasteiger partial charge in [-0.1, -0.05) is 38.0 Å². The highest BCUT2D eigenvalue weighted by Gasteiger charge is 2.23. The van der Waals surface area contributed by atoms with Crippen molar-refractivity contribution in [2.45, 2.75) is 45.6 Å². The number of hydrogen-bond donors (Lipinski definition) is 0. The van der Waals surface area contributed by atoms with E-state index >= 15 is 0 Å². The topological polar surface area (TPSA) is 21.7 Å². The Bertz CT molecular complexity index is 534. The van der Waals surface area contributed by atoms with Crippen molar-refractivity contribution in [3.8, 4) is 11.5 Å². The number of likely N-dealkylation sites (N-methyl/N-ethyl adjacent to an activating group) is 1. The molecular weight excluding hydrogens is 274 g/mol. The molecule has 1 fully saturated rings. The summed E-state index contributed by atoms with van der Waals surface area (Å²) in [6.45, 7) is 8.07. The summed E-state index contributed by atoms with van der Waals surface area (Å²) in [7, 11) is 0. The van der Waals surface area contributed by atoms with Crippen molar-refractivity contribution in [2.24, 2.45) is 0 Å². The Hall–Kier alpha value is -1.48. The summed E-state index contributed by atoms with van der Waals surface area (Å²) in [5.41, 5.74) is 2.81. The van der Waals surface area contributed by atoms with Crippen LogP contribution in [0.5, 0.6) is 11.5 Å². The van der Waals surface area contributed by atoms with Crippen molar-refractivity contribution < 1.29 is 9.47 Å². The predicted octanol–water partition coefficient (Wildman–Crippen LogP) is 4.13. The lowest BCUT2D eigenvalue weighted by molar-refractivity contribution is 0.171. The van der Waals surface area contributed by atoms with E-state index in [1.807, 2.05) is 6.07 Å². The minimum atomic E-state index is 0.608.